The normalized spacial score (nSPS) is 34.2. The van der Waals surface area contributed by atoms with Crippen molar-refractivity contribution < 1.29 is 0 Å². The summed E-state index contributed by atoms with van der Waals surface area (Å²) in [4.78, 5) is 0. The van der Waals surface area contributed by atoms with Gasteiger partial charge in [0.1, 0.15) is 0 Å². The zero-order valence-electron chi connectivity index (χ0n) is 8.33. The Hall–Kier alpha value is -0.820. The van der Waals surface area contributed by atoms with E-state index in [1.807, 2.05) is 0 Å². The molecule has 3 atom stereocenters. The first-order valence-corrected chi connectivity index (χ1v) is 4.96. The third-order valence-electron chi connectivity index (χ3n) is 3.37. The third-order valence-corrected chi connectivity index (χ3v) is 3.37. The van der Waals surface area contributed by atoms with Gasteiger partial charge in [-0.3, -0.25) is 0 Å². The second-order valence-electron chi connectivity index (χ2n) is 4.45. The Morgan fingerprint density at radius 3 is 2.46 bits per heavy atom. The van der Waals surface area contributed by atoms with E-state index in [1.54, 1.807) is 0 Å². The van der Waals surface area contributed by atoms with Gasteiger partial charge in [0.15, 0.2) is 0 Å². The van der Waals surface area contributed by atoms with Crippen LogP contribution in [0.4, 0.5) is 0 Å². The van der Waals surface area contributed by atoms with Crippen LogP contribution in [0.1, 0.15) is 25.8 Å². The minimum Gasteiger partial charge on any atom is -0.328 e. The molecule has 1 heteroatoms. The van der Waals surface area contributed by atoms with E-state index in [4.69, 9.17) is 5.73 Å². The Labute approximate surface area is 80.0 Å². The summed E-state index contributed by atoms with van der Waals surface area (Å²) in [5.41, 5.74) is 7.71. The number of rotatable bonds is 2. The highest BCUT2D eigenvalue weighted by Gasteiger charge is 2.52. The molecule has 0 spiro atoms. The summed E-state index contributed by atoms with van der Waals surface area (Å²) in [7, 11) is 0. The first kappa shape index (κ1) is 8.76. The largest absolute Gasteiger partial charge is 0.328 e. The fraction of sp³-hybridized carbons (Fsp3) is 0.500. The molecule has 0 radical (unpaired) electrons. The van der Waals surface area contributed by atoms with Gasteiger partial charge in [0.05, 0.1) is 0 Å². The van der Waals surface area contributed by atoms with E-state index in [9.17, 15) is 0 Å². The predicted octanol–water partition coefficient (Wildman–Crippen LogP) is 2.31. The van der Waals surface area contributed by atoms with Crippen molar-refractivity contribution in [2.45, 2.75) is 31.7 Å². The molecule has 0 amide bonds. The Bertz CT molecular complexity index is 291. The molecule has 0 aliphatic heterocycles. The number of hydrogen-bond donors (Lipinski definition) is 1. The van der Waals surface area contributed by atoms with E-state index < -0.39 is 0 Å². The first-order valence-electron chi connectivity index (χ1n) is 4.96. The second-order valence-corrected chi connectivity index (χ2v) is 4.45. The molecule has 1 aromatic rings. The van der Waals surface area contributed by atoms with Crippen LogP contribution in [0, 0.1) is 5.92 Å². The lowest BCUT2D eigenvalue weighted by Crippen LogP contribution is -2.22. The maximum Gasteiger partial charge on any atom is 0.00474 e. The molecular weight excluding hydrogens is 158 g/mol. The molecule has 0 bridgehead atoms. The maximum absolute atomic E-state index is 5.91. The van der Waals surface area contributed by atoms with Crippen molar-refractivity contribution in [2.24, 2.45) is 11.7 Å². The molecule has 0 aromatic heterocycles. The van der Waals surface area contributed by atoms with Gasteiger partial charge in [-0.15, -0.1) is 0 Å². The fourth-order valence-corrected chi connectivity index (χ4v) is 2.31. The maximum atomic E-state index is 5.91. The molecular formula is C12H17N. The molecule has 1 aliphatic rings. The van der Waals surface area contributed by atoms with Crippen molar-refractivity contribution in [3.8, 4) is 0 Å². The van der Waals surface area contributed by atoms with E-state index in [0.717, 1.165) is 0 Å². The van der Waals surface area contributed by atoms with Gasteiger partial charge in [-0.25, -0.2) is 0 Å². The van der Waals surface area contributed by atoms with Crippen molar-refractivity contribution in [3.05, 3.63) is 35.9 Å². The average Bonchev–Trinajstić information content (AvgIpc) is 2.82. The number of nitrogens with two attached hydrogens (primary N) is 1. The summed E-state index contributed by atoms with van der Waals surface area (Å²) in [5, 5.41) is 0. The second kappa shape index (κ2) is 2.85. The van der Waals surface area contributed by atoms with Crippen molar-refractivity contribution >= 4 is 0 Å². The molecule has 0 saturated heterocycles. The van der Waals surface area contributed by atoms with Crippen molar-refractivity contribution in [2.75, 3.05) is 0 Å². The first-order chi connectivity index (χ1) is 6.14. The third kappa shape index (κ3) is 1.37. The van der Waals surface area contributed by atoms with Gasteiger partial charge in [0, 0.05) is 6.04 Å². The molecule has 1 aliphatic carbocycles. The SMILES string of the molecule is C[C@H](N)[C@H]1C[C@]1(C)c1ccccc1. The lowest BCUT2D eigenvalue weighted by Gasteiger charge is -2.13. The monoisotopic (exact) mass is 175 g/mol. The Balaban J connectivity index is 2.21. The molecule has 0 heterocycles. The molecule has 0 unspecified atom stereocenters. The fourth-order valence-electron chi connectivity index (χ4n) is 2.31. The number of hydrogen-bond acceptors (Lipinski definition) is 1. The molecule has 13 heavy (non-hydrogen) atoms. The molecule has 1 fully saturated rings. The lowest BCUT2D eigenvalue weighted by molar-refractivity contribution is 0.564. The van der Waals surface area contributed by atoms with Crippen LogP contribution in [0.25, 0.3) is 0 Å². The van der Waals surface area contributed by atoms with Crippen molar-refractivity contribution in [1.82, 2.24) is 0 Å². The van der Waals surface area contributed by atoms with Gasteiger partial charge in [0.2, 0.25) is 0 Å². The van der Waals surface area contributed by atoms with Crippen LogP contribution in [0.3, 0.4) is 0 Å². The molecule has 1 aromatic carbocycles. The van der Waals surface area contributed by atoms with E-state index in [0.29, 0.717) is 17.4 Å². The molecule has 1 nitrogen and oxygen atoms in total. The van der Waals surface area contributed by atoms with Crippen LogP contribution < -0.4 is 5.73 Å². The topological polar surface area (TPSA) is 26.0 Å². The zero-order valence-corrected chi connectivity index (χ0v) is 8.33. The van der Waals surface area contributed by atoms with Gasteiger partial charge >= 0.3 is 0 Å². The smallest absolute Gasteiger partial charge is 0.00474 e. The zero-order chi connectivity index (χ0) is 9.47. The standard InChI is InChI=1S/C12H17N/c1-9(13)11-8-12(11,2)10-6-4-3-5-7-10/h3-7,9,11H,8,13H2,1-2H3/t9-,11+,12+/m0/s1. The van der Waals surface area contributed by atoms with E-state index in [-0.39, 0.29) is 0 Å². The van der Waals surface area contributed by atoms with Gasteiger partial charge in [-0.05, 0) is 30.2 Å². The highest BCUT2D eigenvalue weighted by atomic mass is 14.7. The average molecular weight is 175 g/mol. The Kier molecular flexibility index (Phi) is 1.92. The van der Waals surface area contributed by atoms with Gasteiger partial charge in [-0.1, -0.05) is 37.3 Å². The van der Waals surface area contributed by atoms with Crippen molar-refractivity contribution in [1.29, 1.82) is 0 Å². The predicted molar refractivity (Wildman–Crippen MR) is 55.6 cm³/mol. The Morgan fingerprint density at radius 1 is 1.38 bits per heavy atom. The molecule has 1 saturated carbocycles. The summed E-state index contributed by atoms with van der Waals surface area (Å²) >= 11 is 0. The van der Waals surface area contributed by atoms with Gasteiger partial charge in [0.25, 0.3) is 0 Å². The van der Waals surface area contributed by atoms with Gasteiger partial charge in [-0.2, -0.15) is 0 Å². The van der Waals surface area contributed by atoms with Crippen LogP contribution in [0.5, 0.6) is 0 Å². The molecule has 70 valence electrons. The molecule has 2 rings (SSSR count). The van der Waals surface area contributed by atoms with Crippen LogP contribution in [0.2, 0.25) is 0 Å². The van der Waals surface area contributed by atoms with E-state index >= 15 is 0 Å². The highest BCUT2D eigenvalue weighted by Crippen LogP contribution is 2.54. The minimum absolute atomic E-state index is 0.324. The summed E-state index contributed by atoms with van der Waals surface area (Å²) in [6.45, 7) is 4.43. The van der Waals surface area contributed by atoms with Crippen LogP contribution in [-0.2, 0) is 5.41 Å². The highest BCUT2D eigenvalue weighted by molar-refractivity contribution is 5.33. The minimum atomic E-state index is 0.324. The summed E-state index contributed by atoms with van der Waals surface area (Å²) in [6.07, 6.45) is 1.24. The number of benzene rings is 1. The van der Waals surface area contributed by atoms with Crippen LogP contribution >= 0.6 is 0 Å². The quantitative estimate of drug-likeness (QED) is 0.733. The van der Waals surface area contributed by atoms with E-state index in [2.05, 4.69) is 44.2 Å². The Morgan fingerprint density at radius 2 is 2.00 bits per heavy atom. The van der Waals surface area contributed by atoms with Gasteiger partial charge < -0.3 is 5.73 Å². The summed E-state index contributed by atoms with van der Waals surface area (Å²) in [6, 6.07) is 11.0. The van der Waals surface area contributed by atoms with Crippen molar-refractivity contribution in [3.63, 3.8) is 0 Å². The molecule has 2 N–H and O–H groups in total. The lowest BCUT2D eigenvalue weighted by atomic mass is 9.94. The van der Waals surface area contributed by atoms with Crippen LogP contribution in [0.15, 0.2) is 30.3 Å². The summed E-state index contributed by atoms with van der Waals surface area (Å²) < 4.78 is 0. The summed E-state index contributed by atoms with van der Waals surface area (Å²) in [5.74, 6) is 0.676. The van der Waals surface area contributed by atoms with E-state index in [1.165, 1.54) is 12.0 Å². The van der Waals surface area contributed by atoms with Crippen LogP contribution in [-0.4, -0.2) is 6.04 Å².